The van der Waals surface area contributed by atoms with Gasteiger partial charge >= 0.3 is 0 Å². The topological polar surface area (TPSA) is 62.7 Å². The zero-order chi connectivity index (χ0) is 19.6. The van der Waals surface area contributed by atoms with Crippen molar-refractivity contribution < 1.29 is 18.7 Å². The minimum Gasteiger partial charge on any atom is -0.363 e. The maximum atomic E-state index is 13.2. The van der Waals surface area contributed by atoms with E-state index in [0.29, 0.717) is 44.6 Å². The summed E-state index contributed by atoms with van der Waals surface area (Å²) < 4.78 is 19.1. The molecule has 0 saturated carbocycles. The van der Waals surface area contributed by atoms with E-state index >= 15 is 0 Å². The summed E-state index contributed by atoms with van der Waals surface area (Å²) in [5, 5.41) is 0. The average molecular weight is 383 g/mol. The minimum absolute atomic E-state index is 0.001000. The molecule has 0 aliphatic carbocycles. The number of rotatable bonds is 3. The molecule has 1 aromatic heterocycles. The number of hydrogen-bond donors (Lipinski definition) is 0. The van der Waals surface area contributed by atoms with Gasteiger partial charge in [0, 0.05) is 31.2 Å². The van der Waals surface area contributed by atoms with Crippen LogP contribution in [0.25, 0.3) is 0 Å². The van der Waals surface area contributed by atoms with E-state index in [0.717, 1.165) is 5.56 Å². The van der Waals surface area contributed by atoms with Crippen molar-refractivity contribution in [3.8, 4) is 0 Å². The number of halogens is 1. The number of anilines is 1. The van der Waals surface area contributed by atoms with Crippen molar-refractivity contribution in [3.05, 3.63) is 60.2 Å². The number of aromatic nitrogens is 1. The summed E-state index contributed by atoms with van der Waals surface area (Å²) in [6.07, 6.45) is 5.06. The van der Waals surface area contributed by atoms with Gasteiger partial charge in [0.25, 0.3) is 5.91 Å². The summed E-state index contributed by atoms with van der Waals surface area (Å²) >= 11 is 0. The van der Waals surface area contributed by atoms with Crippen molar-refractivity contribution in [1.82, 2.24) is 9.88 Å². The first kappa shape index (κ1) is 18.6. The third-order valence-corrected chi connectivity index (χ3v) is 5.49. The highest BCUT2D eigenvalue weighted by molar-refractivity contribution is 5.95. The molecule has 2 amide bonds. The Hall–Kier alpha value is -2.80. The number of likely N-dealkylation sites (tertiary alicyclic amines) is 1. The van der Waals surface area contributed by atoms with E-state index in [9.17, 15) is 14.0 Å². The number of nitrogens with zero attached hydrogens (tertiary/aromatic N) is 3. The molecule has 2 aliphatic rings. The van der Waals surface area contributed by atoms with Gasteiger partial charge in [0.05, 0.1) is 18.6 Å². The normalized spacial score (nSPS) is 19.1. The van der Waals surface area contributed by atoms with Gasteiger partial charge in [0.1, 0.15) is 12.4 Å². The van der Waals surface area contributed by atoms with Gasteiger partial charge in [0.15, 0.2) is 0 Å². The largest absolute Gasteiger partial charge is 0.363 e. The molecule has 28 heavy (non-hydrogen) atoms. The molecule has 2 aliphatic heterocycles. The minimum atomic E-state index is -0.465. The molecule has 146 valence electrons. The molecule has 0 N–H and O–H groups in total. The molecule has 0 bridgehead atoms. The fourth-order valence-corrected chi connectivity index (χ4v) is 3.83. The van der Waals surface area contributed by atoms with Crippen LogP contribution in [0.1, 0.15) is 18.4 Å². The molecule has 1 aromatic carbocycles. The number of ether oxygens (including phenoxy) is 1. The van der Waals surface area contributed by atoms with Crippen LogP contribution in [0.5, 0.6) is 0 Å². The number of piperidine rings is 1. The second-order valence-electron chi connectivity index (χ2n) is 7.35. The maximum absolute atomic E-state index is 13.2. The van der Waals surface area contributed by atoms with Gasteiger partial charge < -0.3 is 14.5 Å². The van der Waals surface area contributed by atoms with Gasteiger partial charge in [-0.05, 0) is 48.7 Å². The molecule has 7 heteroatoms. The smallest absolute Gasteiger partial charge is 0.253 e. The highest BCUT2D eigenvalue weighted by Crippen LogP contribution is 2.33. The summed E-state index contributed by atoms with van der Waals surface area (Å²) in [6.45, 7) is 1.60. The SMILES string of the molecule is O=C(Cc1cccnc1)N1CCC2(CC1)CN(c1ccc(F)cc1)C(=O)CO2. The van der Waals surface area contributed by atoms with Crippen LogP contribution in [0, 0.1) is 5.82 Å². The van der Waals surface area contributed by atoms with E-state index in [2.05, 4.69) is 4.98 Å². The van der Waals surface area contributed by atoms with Crippen molar-refractivity contribution in [1.29, 1.82) is 0 Å². The van der Waals surface area contributed by atoms with E-state index < -0.39 is 5.60 Å². The Morgan fingerprint density at radius 3 is 2.61 bits per heavy atom. The van der Waals surface area contributed by atoms with Crippen molar-refractivity contribution >= 4 is 17.5 Å². The lowest BCUT2D eigenvalue weighted by molar-refractivity contribution is -0.150. The number of carbonyl (C=O) groups is 2. The third kappa shape index (κ3) is 3.89. The number of pyridine rings is 1. The predicted molar refractivity (Wildman–Crippen MR) is 101 cm³/mol. The zero-order valence-electron chi connectivity index (χ0n) is 15.5. The Balaban J connectivity index is 1.39. The lowest BCUT2D eigenvalue weighted by atomic mass is 9.88. The van der Waals surface area contributed by atoms with Crippen LogP contribution in [0.4, 0.5) is 10.1 Å². The van der Waals surface area contributed by atoms with Crippen LogP contribution >= 0.6 is 0 Å². The van der Waals surface area contributed by atoms with Gasteiger partial charge in [-0.1, -0.05) is 6.07 Å². The van der Waals surface area contributed by atoms with Crippen LogP contribution in [0.3, 0.4) is 0 Å². The van der Waals surface area contributed by atoms with Crippen molar-refractivity contribution in [2.45, 2.75) is 24.9 Å². The lowest BCUT2D eigenvalue weighted by Gasteiger charge is -2.47. The van der Waals surface area contributed by atoms with E-state index in [1.165, 1.54) is 12.1 Å². The molecule has 3 heterocycles. The van der Waals surface area contributed by atoms with Crippen LogP contribution in [0.2, 0.25) is 0 Å². The van der Waals surface area contributed by atoms with Crippen LogP contribution in [0.15, 0.2) is 48.8 Å². The molecule has 0 atom stereocenters. The van der Waals surface area contributed by atoms with Crippen LogP contribution in [-0.4, -0.2) is 53.5 Å². The number of benzene rings is 1. The van der Waals surface area contributed by atoms with Crippen molar-refractivity contribution in [2.24, 2.45) is 0 Å². The molecule has 0 unspecified atom stereocenters. The first-order chi connectivity index (χ1) is 13.5. The summed E-state index contributed by atoms with van der Waals surface area (Å²) in [7, 11) is 0. The van der Waals surface area contributed by atoms with Gasteiger partial charge in [-0.25, -0.2) is 4.39 Å². The first-order valence-corrected chi connectivity index (χ1v) is 9.41. The molecular formula is C21H22FN3O3. The highest BCUT2D eigenvalue weighted by atomic mass is 19.1. The quantitative estimate of drug-likeness (QED) is 0.815. The number of hydrogen-bond acceptors (Lipinski definition) is 4. The summed E-state index contributed by atoms with van der Waals surface area (Å²) in [5.41, 5.74) is 1.10. The second-order valence-corrected chi connectivity index (χ2v) is 7.35. The summed E-state index contributed by atoms with van der Waals surface area (Å²) in [5.74, 6) is -0.392. The van der Waals surface area contributed by atoms with E-state index in [1.54, 1.807) is 29.4 Å². The van der Waals surface area contributed by atoms with E-state index in [4.69, 9.17) is 4.74 Å². The molecule has 0 radical (unpaired) electrons. The summed E-state index contributed by atoms with van der Waals surface area (Å²) in [4.78, 5) is 32.4. The molecule has 4 rings (SSSR count). The molecular weight excluding hydrogens is 361 g/mol. The Kier molecular flexibility index (Phi) is 5.09. The lowest BCUT2D eigenvalue weighted by Crippen LogP contribution is -2.59. The molecule has 2 aromatic rings. The average Bonchev–Trinajstić information content (AvgIpc) is 2.72. The Morgan fingerprint density at radius 2 is 1.93 bits per heavy atom. The molecule has 2 saturated heterocycles. The zero-order valence-corrected chi connectivity index (χ0v) is 15.5. The van der Waals surface area contributed by atoms with E-state index in [1.807, 2.05) is 17.0 Å². The predicted octanol–water partition coefficient (Wildman–Crippen LogP) is 2.19. The Labute approximate surface area is 162 Å². The Morgan fingerprint density at radius 1 is 1.18 bits per heavy atom. The monoisotopic (exact) mass is 383 g/mol. The van der Waals surface area contributed by atoms with Gasteiger partial charge in [-0.15, -0.1) is 0 Å². The van der Waals surface area contributed by atoms with Gasteiger partial charge in [-0.3, -0.25) is 14.6 Å². The van der Waals surface area contributed by atoms with Crippen molar-refractivity contribution in [2.75, 3.05) is 31.1 Å². The van der Waals surface area contributed by atoms with Crippen LogP contribution < -0.4 is 4.90 Å². The highest BCUT2D eigenvalue weighted by Gasteiger charge is 2.43. The second kappa shape index (κ2) is 7.67. The fourth-order valence-electron chi connectivity index (χ4n) is 3.83. The van der Waals surface area contributed by atoms with Gasteiger partial charge in [0.2, 0.25) is 5.91 Å². The van der Waals surface area contributed by atoms with Gasteiger partial charge in [-0.2, -0.15) is 0 Å². The Bertz CT molecular complexity index is 849. The third-order valence-electron chi connectivity index (χ3n) is 5.49. The standard InChI is InChI=1S/C21H22FN3O3/c22-17-3-5-18(6-4-17)25-15-21(28-14-20(25)27)7-10-24(11-8-21)19(26)12-16-2-1-9-23-13-16/h1-6,9,13H,7-8,10-12,14-15H2. The van der Waals surface area contributed by atoms with Crippen molar-refractivity contribution in [3.63, 3.8) is 0 Å². The molecule has 6 nitrogen and oxygen atoms in total. The summed E-state index contributed by atoms with van der Waals surface area (Å²) in [6, 6.07) is 9.64. The fraction of sp³-hybridized carbons (Fsp3) is 0.381. The van der Waals surface area contributed by atoms with Crippen LogP contribution in [-0.2, 0) is 20.7 Å². The number of carbonyl (C=O) groups excluding carboxylic acids is 2. The first-order valence-electron chi connectivity index (χ1n) is 9.41. The molecule has 1 spiro atoms. The number of morpholine rings is 1. The number of amides is 2. The maximum Gasteiger partial charge on any atom is 0.253 e. The molecule has 2 fully saturated rings. The van der Waals surface area contributed by atoms with E-state index in [-0.39, 0.29) is 24.2 Å².